The van der Waals surface area contributed by atoms with Gasteiger partial charge in [-0.1, -0.05) is 0 Å². The highest BCUT2D eigenvalue weighted by Crippen LogP contribution is 2.40. The summed E-state index contributed by atoms with van der Waals surface area (Å²) in [5, 5.41) is 29.3. The number of aliphatic hydroxyl groups excluding tert-OH is 3. The van der Waals surface area contributed by atoms with Crippen LogP contribution >= 0.6 is 0 Å². The number of hydrogen-bond acceptors (Lipinski definition) is 6. The van der Waals surface area contributed by atoms with E-state index < -0.39 is 41.4 Å². The molecule has 0 unspecified atom stereocenters. The van der Waals surface area contributed by atoms with Crippen LogP contribution in [0.5, 0.6) is 0 Å². The number of nitrogens with one attached hydrogen (secondary N) is 1. The molecule has 0 saturated carbocycles. The van der Waals surface area contributed by atoms with Gasteiger partial charge in [-0.15, -0.1) is 0 Å². The van der Waals surface area contributed by atoms with Crippen LogP contribution in [0.15, 0.2) is 21.9 Å². The summed E-state index contributed by atoms with van der Waals surface area (Å²) < 4.78 is 6.48. The lowest BCUT2D eigenvalue weighted by atomic mass is 9.96. The molecule has 0 spiro atoms. The van der Waals surface area contributed by atoms with Crippen molar-refractivity contribution in [3.8, 4) is 0 Å². The Hall–Kier alpha value is -1.48. The minimum absolute atomic E-state index is 0.529. The van der Waals surface area contributed by atoms with Crippen molar-refractivity contribution >= 4 is 0 Å². The van der Waals surface area contributed by atoms with Gasteiger partial charge in [0, 0.05) is 12.3 Å². The standard InChI is InChI=1S/C11H16N2O6/c1-10(5-14)7(16)8(17)11(2,19-10)13-4-3-6(15)12-9(13)18/h3-4,7-8,14,16-17H,5H2,1-2H3,(H,12,15,18)/t7-,8+,10+,11+/m0/s1. The molecule has 2 rings (SSSR count). The van der Waals surface area contributed by atoms with Gasteiger partial charge in [0.15, 0.2) is 5.72 Å². The molecule has 8 heteroatoms. The summed E-state index contributed by atoms with van der Waals surface area (Å²) in [6, 6.07) is 1.10. The highest BCUT2D eigenvalue weighted by Gasteiger charge is 2.58. The Morgan fingerprint density at radius 2 is 2.00 bits per heavy atom. The van der Waals surface area contributed by atoms with Gasteiger partial charge in [0.05, 0.1) is 6.61 Å². The SMILES string of the molecule is C[C@]1(CO)O[C@@](C)(n2ccc(=O)[nH]c2=O)[C@H](O)[C@@H]1O. The smallest absolute Gasteiger partial charge is 0.330 e. The second-order valence-corrected chi connectivity index (χ2v) is 5.00. The van der Waals surface area contributed by atoms with E-state index >= 15 is 0 Å². The molecule has 1 aliphatic heterocycles. The van der Waals surface area contributed by atoms with Crippen LogP contribution in [0, 0.1) is 0 Å². The number of nitrogens with zero attached hydrogens (tertiary/aromatic N) is 1. The zero-order valence-corrected chi connectivity index (χ0v) is 10.5. The maximum Gasteiger partial charge on any atom is 0.330 e. The van der Waals surface area contributed by atoms with E-state index in [9.17, 15) is 24.9 Å². The lowest BCUT2D eigenvalue weighted by Gasteiger charge is -2.31. The lowest BCUT2D eigenvalue weighted by Crippen LogP contribution is -2.49. The van der Waals surface area contributed by atoms with Gasteiger partial charge in [0.2, 0.25) is 0 Å². The van der Waals surface area contributed by atoms with Crippen molar-refractivity contribution in [2.24, 2.45) is 0 Å². The van der Waals surface area contributed by atoms with Crippen molar-refractivity contribution in [2.75, 3.05) is 6.61 Å². The van der Waals surface area contributed by atoms with E-state index in [1.165, 1.54) is 20.0 Å². The first-order valence-corrected chi connectivity index (χ1v) is 5.74. The third-order valence-electron chi connectivity index (χ3n) is 3.53. The first-order chi connectivity index (χ1) is 8.74. The Bertz CT molecular complexity index is 595. The van der Waals surface area contributed by atoms with E-state index in [4.69, 9.17) is 4.74 Å². The van der Waals surface area contributed by atoms with Crippen molar-refractivity contribution in [1.82, 2.24) is 9.55 Å². The predicted octanol–water partition coefficient (Wildman–Crippen LogP) is -2.29. The summed E-state index contributed by atoms with van der Waals surface area (Å²) in [6.45, 7) is 2.28. The summed E-state index contributed by atoms with van der Waals surface area (Å²) in [5.74, 6) is 0. The largest absolute Gasteiger partial charge is 0.393 e. The van der Waals surface area contributed by atoms with E-state index in [2.05, 4.69) is 0 Å². The highest BCUT2D eigenvalue weighted by molar-refractivity contribution is 5.05. The summed E-state index contributed by atoms with van der Waals surface area (Å²) >= 11 is 0. The van der Waals surface area contributed by atoms with Crippen molar-refractivity contribution in [3.63, 3.8) is 0 Å². The molecule has 2 heterocycles. The first kappa shape index (κ1) is 13.9. The minimum atomic E-state index is -1.59. The molecule has 1 fully saturated rings. The molecule has 0 amide bonds. The van der Waals surface area contributed by atoms with Crippen molar-refractivity contribution in [2.45, 2.75) is 37.4 Å². The van der Waals surface area contributed by atoms with E-state index in [1.54, 1.807) is 0 Å². The number of aromatic amines is 1. The van der Waals surface area contributed by atoms with Crippen molar-refractivity contribution in [3.05, 3.63) is 33.1 Å². The average molecular weight is 272 g/mol. The summed E-state index contributed by atoms with van der Waals surface area (Å²) in [6.07, 6.45) is -1.64. The van der Waals surface area contributed by atoms with Gasteiger partial charge >= 0.3 is 5.69 Å². The van der Waals surface area contributed by atoms with Crippen LogP contribution in [0.3, 0.4) is 0 Å². The van der Waals surface area contributed by atoms with Gasteiger partial charge in [-0.3, -0.25) is 14.3 Å². The topological polar surface area (TPSA) is 125 Å². The van der Waals surface area contributed by atoms with Gasteiger partial charge in [-0.25, -0.2) is 4.79 Å². The van der Waals surface area contributed by atoms with E-state index in [1.807, 2.05) is 4.98 Å². The third-order valence-corrected chi connectivity index (χ3v) is 3.53. The maximum absolute atomic E-state index is 11.8. The molecule has 1 saturated heterocycles. The molecule has 0 bridgehead atoms. The van der Waals surface area contributed by atoms with Gasteiger partial charge in [-0.2, -0.15) is 0 Å². The number of rotatable bonds is 2. The normalized spacial score (nSPS) is 38.6. The van der Waals surface area contributed by atoms with Crippen LogP contribution < -0.4 is 11.2 Å². The average Bonchev–Trinajstić information content (AvgIpc) is 2.52. The van der Waals surface area contributed by atoms with Gasteiger partial charge in [-0.05, 0) is 13.8 Å². The molecule has 8 nitrogen and oxygen atoms in total. The van der Waals surface area contributed by atoms with Crippen LogP contribution in [0.2, 0.25) is 0 Å². The molecule has 4 atom stereocenters. The zero-order chi connectivity index (χ0) is 14.4. The predicted molar refractivity (Wildman–Crippen MR) is 63.6 cm³/mol. The van der Waals surface area contributed by atoms with Crippen LogP contribution in [-0.2, 0) is 10.5 Å². The van der Waals surface area contributed by atoms with Gasteiger partial charge < -0.3 is 20.1 Å². The van der Waals surface area contributed by atoms with Gasteiger partial charge in [0.1, 0.15) is 17.8 Å². The molecule has 1 aliphatic rings. The molecule has 0 aromatic carbocycles. The van der Waals surface area contributed by atoms with Crippen LogP contribution in [0.4, 0.5) is 0 Å². The zero-order valence-electron chi connectivity index (χ0n) is 10.5. The number of ether oxygens (including phenoxy) is 1. The monoisotopic (exact) mass is 272 g/mol. The van der Waals surface area contributed by atoms with Crippen LogP contribution in [0.1, 0.15) is 13.8 Å². The van der Waals surface area contributed by atoms with Crippen molar-refractivity contribution in [1.29, 1.82) is 0 Å². The van der Waals surface area contributed by atoms with Crippen LogP contribution in [-0.4, -0.2) is 49.3 Å². The fraction of sp³-hybridized carbons (Fsp3) is 0.636. The Morgan fingerprint density at radius 1 is 1.37 bits per heavy atom. The molecule has 1 aromatic rings. The summed E-state index contributed by atoms with van der Waals surface area (Å²) in [5.41, 5.74) is -4.34. The first-order valence-electron chi connectivity index (χ1n) is 5.74. The quantitative estimate of drug-likeness (QED) is 0.480. The number of hydrogen-bond donors (Lipinski definition) is 4. The Balaban J connectivity index is 2.55. The minimum Gasteiger partial charge on any atom is -0.393 e. The number of aromatic nitrogens is 2. The second kappa shape index (κ2) is 4.27. The molecule has 106 valence electrons. The number of aliphatic hydroxyl groups is 3. The van der Waals surface area contributed by atoms with E-state index in [0.717, 1.165) is 10.6 Å². The molecule has 1 aromatic heterocycles. The van der Waals surface area contributed by atoms with E-state index in [-0.39, 0.29) is 0 Å². The fourth-order valence-electron chi connectivity index (χ4n) is 2.30. The molecular formula is C11H16N2O6. The number of H-pyrrole nitrogens is 1. The molecule has 0 radical (unpaired) electrons. The Labute approximate surface area is 107 Å². The Kier molecular flexibility index (Phi) is 3.13. The maximum atomic E-state index is 11.8. The molecule has 19 heavy (non-hydrogen) atoms. The van der Waals surface area contributed by atoms with E-state index in [0.29, 0.717) is 0 Å². The highest BCUT2D eigenvalue weighted by atomic mass is 16.6. The second-order valence-electron chi connectivity index (χ2n) is 5.00. The summed E-state index contributed by atoms with van der Waals surface area (Å²) in [4.78, 5) is 24.8. The molecule has 0 aliphatic carbocycles. The summed E-state index contributed by atoms with van der Waals surface area (Å²) in [7, 11) is 0. The Morgan fingerprint density at radius 3 is 2.47 bits per heavy atom. The molecular weight excluding hydrogens is 256 g/mol. The van der Waals surface area contributed by atoms with Crippen LogP contribution in [0.25, 0.3) is 0 Å². The fourth-order valence-corrected chi connectivity index (χ4v) is 2.30. The lowest BCUT2D eigenvalue weighted by molar-refractivity contribution is -0.174. The van der Waals surface area contributed by atoms with Gasteiger partial charge in [0.25, 0.3) is 5.56 Å². The molecule has 4 N–H and O–H groups in total. The van der Waals surface area contributed by atoms with Crippen molar-refractivity contribution < 1.29 is 20.1 Å². The third kappa shape index (κ3) is 1.93.